The van der Waals surface area contributed by atoms with Crippen molar-refractivity contribution in [3.8, 4) is 5.75 Å². The van der Waals surface area contributed by atoms with E-state index in [4.69, 9.17) is 9.47 Å². The number of hydrogen-bond acceptors (Lipinski definition) is 4. The van der Waals surface area contributed by atoms with Crippen LogP contribution in [0.25, 0.3) is 0 Å². The van der Waals surface area contributed by atoms with Crippen molar-refractivity contribution >= 4 is 11.9 Å². The van der Waals surface area contributed by atoms with Crippen LogP contribution in [0, 0.1) is 5.92 Å². The van der Waals surface area contributed by atoms with E-state index in [2.05, 4.69) is 5.32 Å². The average Bonchev–Trinajstić information content (AvgIpc) is 2.78. The number of carbonyl (C=O) groups is 2. The third kappa shape index (κ3) is 6.34. The summed E-state index contributed by atoms with van der Waals surface area (Å²) in [5.74, 6) is 0.256. The zero-order valence-electron chi connectivity index (χ0n) is 16.9. The van der Waals surface area contributed by atoms with Crippen LogP contribution in [-0.4, -0.2) is 25.0 Å². The third-order valence-electron chi connectivity index (χ3n) is 5.36. The first-order valence-corrected chi connectivity index (χ1v) is 10.3. The topological polar surface area (TPSA) is 64.6 Å². The highest BCUT2D eigenvalue weighted by molar-refractivity contribution is 5.86. The molecule has 2 aromatic rings. The molecule has 0 unspecified atom stereocenters. The van der Waals surface area contributed by atoms with E-state index in [1.165, 1.54) is 13.5 Å². The molecule has 3 rings (SSSR count). The quantitative estimate of drug-likeness (QED) is 0.685. The highest BCUT2D eigenvalue weighted by Gasteiger charge is 2.27. The maximum absolute atomic E-state index is 12.6. The number of nitrogens with one attached hydrogen (secondary N) is 1. The van der Waals surface area contributed by atoms with Crippen molar-refractivity contribution in [3.63, 3.8) is 0 Å². The molecule has 0 bridgehead atoms. The Labute approximate surface area is 172 Å². The Morgan fingerprint density at radius 1 is 1.00 bits per heavy atom. The molecule has 1 N–H and O–H groups in total. The molecule has 1 aliphatic rings. The SMILES string of the molecule is COC(=O)[C@H](Cc1cccc(OCc2ccccc2)c1)NC(=O)C1CCCCC1. The molecule has 0 aliphatic heterocycles. The molecule has 0 aromatic heterocycles. The number of amides is 1. The van der Waals surface area contributed by atoms with E-state index in [0.717, 1.165) is 42.6 Å². The zero-order valence-corrected chi connectivity index (χ0v) is 16.9. The van der Waals surface area contributed by atoms with E-state index >= 15 is 0 Å². The van der Waals surface area contributed by atoms with Crippen LogP contribution in [0.3, 0.4) is 0 Å². The normalized spacial score (nSPS) is 15.3. The minimum Gasteiger partial charge on any atom is -0.489 e. The van der Waals surface area contributed by atoms with Crippen LogP contribution in [0.5, 0.6) is 5.75 Å². The van der Waals surface area contributed by atoms with Gasteiger partial charge in [-0.1, -0.05) is 61.7 Å². The summed E-state index contributed by atoms with van der Waals surface area (Å²) in [4.78, 5) is 24.9. The van der Waals surface area contributed by atoms with E-state index in [1.54, 1.807) is 0 Å². The van der Waals surface area contributed by atoms with E-state index in [9.17, 15) is 9.59 Å². The van der Waals surface area contributed by atoms with Gasteiger partial charge in [0.25, 0.3) is 0 Å². The van der Waals surface area contributed by atoms with Gasteiger partial charge in [0.05, 0.1) is 7.11 Å². The standard InChI is InChI=1S/C24H29NO4/c1-28-24(27)22(25-23(26)20-12-6-3-7-13-20)16-19-11-8-14-21(15-19)29-17-18-9-4-2-5-10-18/h2,4-5,8-11,14-15,20,22H,3,6-7,12-13,16-17H2,1H3,(H,25,26)/t22-/m0/s1. The Bertz CT molecular complexity index is 800. The number of benzene rings is 2. The van der Waals surface area contributed by atoms with Gasteiger partial charge in [0, 0.05) is 12.3 Å². The van der Waals surface area contributed by atoms with Crippen molar-refractivity contribution in [2.75, 3.05) is 7.11 Å². The predicted octanol–water partition coefficient (Wildman–Crippen LogP) is 4.05. The van der Waals surface area contributed by atoms with Gasteiger partial charge in [-0.3, -0.25) is 4.79 Å². The molecule has 1 saturated carbocycles. The number of rotatable bonds is 8. The number of carbonyl (C=O) groups excluding carboxylic acids is 2. The Morgan fingerprint density at radius 2 is 1.72 bits per heavy atom. The maximum atomic E-state index is 12.6. The van der Waals surface area contributed by atoms with Gasteiger partial charge in [-0.15, -0.1) is 0 Å². The molecular formula is C24H29NO4. The Hall–Kier alpha value is -2.82. The van der Waals surface area contributed by atoms with Crippen molar-refractivity contribution in [1.29, 1.82) is 0 Å². The Morgan fingerprint density at radius 3 is 2.45 bits per heavy atom. The molecule has 0 saturated heterocycles. The lowest BCUT2D eigenvalue weighted by atomic mass is 9.88. The summed E-state index contributed by atoms with van der Waals surface area (Å²) in [5, 5.41) is 2.91. The maximum Gasteiger partial charge on any atom is 0.328 e. The first-order valence-electron chi connectivity index (χ1n) is 10.3. The summed E-state index contributed by atoms with van der Waals surface area (Å²) in [7, 11) is 1.35. The second-order valence-corrected chi connectivity index (χ2v) is 7.55. The summed E-state index contributed by atoms with van der Waals surface area (Å²) < 4.78 is 10.8. The van der Waals surface area contributed by atoms with Crippen molar-refractivity contribution < 1.29 is 19.1 Å². The van der Waals surface area contributed by atoms with E-state index in [1.807, 2.05) is 54.6 Å². The molecule has 5 nitrogen and oxygen atoms in total. The van der Waals surface area contributed by atoms with Crippen LogP contribution in [0.2, 0.25) is 0 Å². The van der Waals surface area contributed by atoms with Crippen LogP contribution in [0.4, 0.5) is 0 Å². The fraction of sp³-hybridized carbons (Fsp3) is 0.417. The predicted molar refractivity (Wildman–Crippen MR) is 111 cm³/mol. The van der Waals surface area contributed by atoms with E-state index in [0.29, 0.717) is 13.0 Å². The van der Waals surface area contributed by atoms with Crippen molar-refractivity contribution in [1.82, 2.24) is 5.32 Å². The smallest absolute Gasteiger partial charge is 0.328 e. The summed E-state index contributed by atoms with van der Waals surface area (Å²) >= 11 is 0. The molecule has 0 spiro atoms. The van der Waals surface area contributed by atoms with Crippen molar-refractivity contribution in [2.24, 2.45) is 5.92 Å². The van der Waals surface area contributed by atoms with Crippen LogP contribution in [0.1, 0.15) is 43.2 Å². The van der Waals surface area contributed by atoms with Crippen molar-refractivity contribution in [3.05, 3.63) is 65.7 Å². The molecule has 2 aromatic carbocycles. The minimum atomic E-state index is -0.696. The van der Waals surface area contributed by atoms with Gasteiger partial charge in [0.15, 0.2) is 0 Å². The highest BCUT2D eigenvalue weighted by atomic mass is 16.5. The molecule has 1 aliphatic carbocycles. The molecule has 0 radical (unpaired) electrons. The van der Waals surface area contributed by atoms with Gasteiger partial charge in [-0.25, -0.2) is 4.79 Å². The number of ether oxygens (including phenoxy) is 2. The molecule has 1 atom stereocenters. The lowest BCUT2D eigenvalue weighted by Gasteiger charge is -2.24. The van der Waals surface area contributed by atoms with Gasteiger partial charge < -0.3 is 14.8 Å². The van der Waals surface area contributed by atoms with Gasteiger partial charge >= 0.3 is 5.97 Å². The Balaban J connectivity index is 1.62. The molecule has 0 heterocycles. The monoisotopic (exact) mass is 395 g/mol. The molecule has 1 amide bonds. The van der Waals surface area contributed by atoms with Crippen LogP contribution < -0.4 is 10.1 Å². The van der Waals surface area contributed by atoms with Gasteiger partial charge in [-0.05, 0) is 36.1 Å². The number of methoxy groups -OCH3 is 1. The number of hydrogen-bond donors (Lipinski definition) is 1. The van der Waals surface area contributed by atoms with Gasteiger partial charge in [0.2, 0.25) is 5.91 Å². The average molecular weight is 395 g/mol. The first-order chi connectivity index (χ1) is 14.2. The van der Waals surface area contributed by atoms with Gasteiger partial charge in [0.1, 0.15) is 18.4 Å². The minimum absolute atomic E-state index is 0.00329. The fourth-order valence-corrected chi connectivity index (χ4v) is 3.73. The molecule has 29 heavy (non-hydrogen) atoms. The summed E-state index contributed by atoms with van der Waals surface area (Å²) in [6.45, 7) is 0.475. The summed E-state index contributed by atoms with van der Waals surface area (Å²) in [5.41, 5.74) is 2.00. The van der Waals surface area contributed by atoms with Crippen molar-refractivity contribution in [2.45, 2.75) is 51.2 Å². The fourth-order valence-electron chi connectivity index (χ4n) is 3.73. The first kappa shape index (κ1) is 20.9. The Kier molecular flexibility index (Phi) is 7.68. The number of esters is 1. The van der Waals surface area contributed by atoms with Crippen LogP contribution in [0.15, 0.2) is 54.6 Å². The largest absolute Gasteiger partial charge is 0.489 e. The zero-order chi connectivity index (χ0) is 20.5. The summed E-state index contributed by atoms with van der Waals surface area (Å²) in [6.07, 6.45) is 5.47. The van der Waals surface area contributed by atoms with Crippen LogP contribution >= 0.6 is 0 Å². The van der Waals surface area contributed by atoms with Crippen LogP contribution in [-0.2, 0) is 27.4 Å². The highest BCUT2D eigenvalue weighted by Crippen LogP contribution is 2.24. The summed E-state index contributed by atoms with van der Waals surface area (Å²) in [6, 6.07) is 16.9. The second-order valence-electron chi connectivity index (χ2n) is 7.55. The lowest BCUT2D eigenvalue weighted by molar-refractivity contribution is -0.145. The second kappa shape index (κ2) is 10.6. The third-order valence-corrected chi connectivity index (χ3v) is 5.36. The molecule has 154 valence electrons. The van der Waals surface area contributed by atoms with E-state index in [-0.39, 0.29) is 11.8 Å². The molecule has 1 fully saturated rings. The molecular weight excluding hydrogens is 366 g/mol. The van der Waals surface area contributed by atoms with Gasteiger partial charge in [-0.2, -0.15) is 0 Å². The lowest BCUT2D eigenvalue weighted by Crippen LogP contribution is -2.45. The van der Waals surface area contributed by atoms with E-state index < -0.39 is 12.0 Å². The molecule has 5 heteroatoms.